The van der Waals surface area contributed by atoms with Crippen molar-refractivity contribution in [2.75, 3.05) is 26.2 Å². The topological polar surface area (TPSA) is 65.2 Å². The number of aromatic nitrogens is 1. The molecule has 1 aliphatic heterocycles. The molecule has 0 saturated heterocycles. The molecule has 0 atom stereocenters. The Labute approximate surface area is 174 Å². The van der Waals surface area contributed by atoms with Crippen LogP contribution in [-0.2, 0) is 10.0 Å². The van der Waals surface area contributed by atoms with Gasteiger partial charge >= 0.3 is 0 Å². The van der Waals surface area contributed by atoms with Crippen molar-refractivity contribution in [3.05, 3.63) is 71.1 Å². The van der Waals surface area contributed by atoms with Gasteiger partial charge in [0.2, 0.25) is 10.0 Å². The zero-order chi connectivity index (χ0) is 20.4. The summed E-state index contributed by atoms with van der Waals surface area (Å²) in [7, 11) is -3.71. The van der Waals surface area contributed by atoms with E-state index in [2.05, 4.69) is 20.7 Å². The first kappa shape index (κ1) is 20.1. The number of fused-ring (bicyclic) bond motifs is 1. The second-order valence-corrected chi connectivity index (χ2v) is 9.23. The largest absolute Gasteiger partial charge is 0.361 e. The molecule has 8 heteroatoms. The van der Waals surface area contributed by atoms with Crippen molar-refractivity contribution in [3.8, 4) is 0 Å². The molecular weight excluding hydrogens is 413 g/mol. The number of halogens is 2. The van der Waals surface area contributed by atoms with E-state index in [9.17, 15) is 12.8 Å². The maximum atomic E-state index is 13.3. The molecule has 5 nitrogen and oxygen atoms in total. The Balaban J connectivity index is 1.36. The quantitative estimate of drug-likeness (QED) is 0.617. The Hall–Kier alpha value is -2.19. The minimum Gasteiger partial charge on any atom is -0.361 e. The molecule has 0 spiro atoms. The lowest BCUT2D eigenvalue weighted by Gasteiger charge is -2.26. The molecule has 2 aromatic carbocycles. The lowest BCUT2D eigenvalue weighted by atomic mass is 9.99. The number of rotatable bonds is 6. The predicted molar refractivity (Wildman–Crippen MR) is 114 cm³/mol. The summed E-state index contributed by atoms with van der Waals surface area (Å²) in [6.07, 6.45) is 5.06. The molecule has 2 heterocycles. The van der Waals surface area contributed by atoms with E-state index in [0.717, 1.165) is 42.0 Å². The highest BCUT2D eigenvalue weighted by Crippen LogP contribution is 2.30. The zero-order valence-corrected chi connectivity index (χ0v) is 17.2. The Morgan fingerprint density at radius 3 is 2.83 bits per heavy atom. The molecule has 0 saturated carbocycles. The highest BCUT2D eigenvalue weighted by atomic mass is 35.5. The molecule has 0 fully saturated rings. The summed E-state index contributed by atoms with van der Waals surface area (Å²) >= 11 is 6.14. The number of hydrogen-bond donors (Lipinski definition) is 2. The van der Waals surface area contributed by atoms with E-state index >= 15 is 0 Å². The Bertz CT molecular complexity index is 1170. The van der Waals surface area contributed by atoms with Crippen LogP contribution < -0.4 is 4.72 Å². The van der Waals surface area contributed by atoms with Crippen LogP contribution in [0.4, 0.5) is 4.39 Å². The monoisotopic (exact) mass is 433 g/mol. The molecule has 152 valence electrons. The Morgan fingerprint density at radius 2 is 2.07 bits per heavy atom. The lowest BCUT2D eigenvalue weighted by Crippen LogP contribution is -2.37. The van der Waals surface area contributed by atoms with Gasteiger partial charge in [-0.15, -0.1) is 0 Å². The van der Waals surface area contributed by atoms with Gasteiger partial charge in [-0.2, -0.15) is 0 Å². The number of benzene rings is 2. The van der Waals surface area contributed by atoms with Crippen molar-refractivity contribution in [3.63, 3.8) is 0 Å². The van der Waals surface area contributed by atoms with Gasteiger partial charge in [0.25, 0.3) is 0 Å². The first-order chi connectivity index (χ1) is 13.9. The van der Waals surface area contributed by atoms with Crippen LogP contribution in [0.5, 0.6) is 0 Å². The van der Waals surface area contributed by atoms with Gasteiger partial charge in [-0.25, -0.2) is 17.5 Å². The predicted octanol–water partition coefficient (Wildman–Crippen LogP) is 4.03. The van der Waals surface area contributed by atoms with Gasteiger partial charge in [0.05, 0.1) is 4.90 Å². The Kier molecular flexibility index (Phi) is 5.74. The van der Waals surface area contributed by atoms with E-state index in [0.29, 0.717) is 11.6 Å². The fourth-order valence-electron chi connectivity index (χ4n) is 3.57. The van der Waals surface area contributed by atoms with Crippen molar-refractivity contribution in [2.24, 2.45) is 0 Å². The first-order valence-electron chi connectivity index (χ1n) is 9.36. The van der Waals surface area contributed by atoms with Gasteiger partial charge < -0.3 is 4.98 Å². The normalized spacial score (nSPS) is 15.6. The zero-order valence-electron chi connectivity index (χ0n) is 15.7. The maximum absolute atomic E-state index is 13.3. The lowest BCUT2D eigenvalue weighted by molar-refractivity contribution is 0.307. The number of H-pyrrole nitrogens is 1. The van der Waals surface area contributed by atoms with Crippen LogP contribution in [0.25, 0.3) is 16.5 Å². The molecule has 1 aliphatic rings. The van der Waals surface area contributed by atoms with Crippen molar-refractivity contribution in [1.29, 1.82) is 0 Å². The number of sulfonamides is 1. The fraction of sp³-hybridized carbons (Fsp3) is 0.238. The third-order valence-electron chi connectivity index (χ3n) is 5.11. The van der Waals surface area contributed by atoms with Gasteiger partial charge in [0.1, 0.15) is 5.82 Å². The van der Waals surface area contributed by atoms with E-state index in [1.54, 1.807) is 0 Å². The average Bonchev–Trinajstić information content (AvgIpc) is 3.11. The standard InChI is InChI=1S/C21H21ClFN3O2S/c22-16-4-5-21-19(12-16)20(14-24-21)15-6-9-26(10-7-15)11-8-25-29(27,28)18-3-1-2-17(23)13-18/h1-6,12-14,24-25H,7-11H2. The third-order valence-corrected chi connectivity index (χ3v) is 6.80. The van der Waals surface area contributed by atoms with E-state index in [4.69, 9.17) is 11.6 Å². The number of aromatic amines is 1. The maximum Gasteiger partial charge on any atom is 0.240 e. The molecule has 0 unspecified atom stereocenters. The van der Waals surface area contributed by atoms with Crippen molar-refractivity contribution < 1.29 is 12.8 Å². The van der Waals surface area contributed by atoms with Crippen LogP contribution in [-0.4, -0.2) is 44.5 Å². The second-order valence-electron chi connectivity index (χ2n) is 7.03. The number of nitrogens with one attached hydrogen (secondary N) is 2. The fourth-order valence-corrected chi connectivity index (χ4v) is 4.80. The van der Waals surface area contributed by atoms with E-state index in [-0.39, 0.29) is 11.4 Å². The number of nitrogens with zero attached hydrogens (tertiary/aromatic N) is 1. The van der Waals surface area contributed by atoms with Crippen molar-refractivity contribution >= 4 is 38.1 Å². The summed E-state index contributed by atoms with van der Waals surface area (Å²) in [5, 5.41) is 1.82. The van der Waals surface area contributed by atoms with E-state index in [1.807, 2.05) is 24.4 Å². The molecule has 1 aromatic heterocycles. The summed E-state index contributed by atoms with van der Waals surface area (Å²) in [4.78, 5) is 5.40. The minimum atomic E-state index is -3.71. The molecule has 0 radical (unpaired) electrons. The molecule has 0 amide bonds. The third kappa shape index (κ3) is 4.53. The summed E-state index contributed by atoms with van der Waals surface area (Å²) in [5.74, 6) is -0.569. The first-order valence-corrected chi connectivity index (χ1v) is 11.2. The van der Waals surface area contributed by atoms with Crippen LogP contribution in [0.15, 0.2) is 59.6 Å². The summed E-state index contributed by atoms with van der Waals surface area (Å²) in [6, 6.07) is 10.8. The Morgan fingerprint density at radius 1 is 1.21 bits per heavy atom. The molecule has 3 aromatic rings. The van der Waals surface area contributed by atoms with Crippen LogP contribution in [0.3, 0.4) is 0 Å². The molecule has 4 rings (SSSR count). The van der Waals surface area contributed by atoms with E-state index in [1.165, 1.54) is 23.8 Å². The minimum absolute atomic E-state index is 0.0590. The average molecular weight is 434 g/mol. The summed E-state index contributed by atoms with van der Waals surface area (Å²) in [5.41, 5.74) is 3.48. The van der Waals surface area contributed by atoms with Crippen LogP contribution in [0.2, 0.25) is 5.02 Å². The van der Waals surface area contributed by atoms with Gasteiger partial charge in [0, 0.05) is 53.9 Å². The van der Waals surface area contributed by atoms with Gasteiger partial charge in [-0.05, 0) is 48.4 Å². The molecule has 2 N–H and O–H groups in total. The summed E-state index contributed by atoms with van der Waals surface area (Å²) in [6.45, 7) is 2.42. The van der Waals surface area contributed by atoms with Crippen LogP contribution in [0.1, 0.15) is 12.0 Å². The molecular formula is C21H21ClFN3O2S. The molecule has 29 heavy (non-hydrogen) atoms. The van der Waals surface area contributed by atoms with Crippen molar-refractivity contribution in [2.45, 2.75) is 11.3 Å². The van der Waals surface area contributed by atoms with Crippen LogP contribution in [0, 0.1) is 5.82 Å². The van der Waals surface area contributed by atoms with E-state index < -0.39 is 15.8 Å². The highest BCUT2D eigenvalue weighted by Gasteiger charge is 2.18. The molecule has 0 aliphatic carbocycles. The second kappa shape index (κ2) is 8.28. The smallest absolute Gasteiger partial charge is 0.240 e. The molecule has 0 bridgehead atoms. The van der Waals surface area contributed by atoms with Crippen LogP contribution >= 0.6 is 11.6 Å². The van der Waals surface area contributed by atoms with Gasteiger partial charge in [-0.1, -0.05) is 23.7 Å². The highest BCUT2D eigenvalue weighted by molar-refractivity contribution is 7.89. The van der Waals surface area contributed by atoms with Crippen molar-refractivity contribution in [1.82, 2.24) is 14.6 Å². The van der Waals surface area contributed by atoms with Gasteiger partial charge in [-0.3, -0.25) is 4.90 Å². The van der Waals surface area contributed by atoms with Gasteiger partial charge in [0.15, 0.2) is 0 Å². The summed E-state index contributed by atoms with van der Waals surface area (Å²) < 4.78 is 40.3. The SMILES string of the molecule is O=S(=O)(NCCN1CC=C(c2c[nH]c3ccc(Cl)cc23)CC1)c1cccc(F)c1. The number of hydrogen-bond acceptors (Lipinski definition) is 3.